The summed E-state index contributed by atoms with van der Waals surface area (Å²) in [5.74, 6) is 2.16. The van der Waals surface area contributed by atoms with Crippen molar-refractivity contribution in [3.63, 3.8) is 0 Å². The van der Waals surface area contributed by atoms with E-state index in [0.29, 0.717) is 17.5 Å². The molecule has 1 unspecified atom stereocenters. The highest BCUT2D eigenvalue weighted by molar-refractivity contribution is 6.16. The van der Waals surface area contributed by atoms with Gasteiger partial charge in [0.25, 0.3) is 0 Å². The lowest BCUT2D eigenvalue weighted by Gasteiger charge is -2.17. The van der Waals surface area contributed by atoms with E-state index in [1.165, 1.54) is 10.8 Å². The Morgan fingerprint density at radius 3 is 2.12 bits per heavy atom. The van der Waals surface area contributed by atoms with E-state index in [9.17, 15) is 0 Å². The number of furan rings is 2. The van der Waals surface area contributed by atoms with Crippen LogP contribution in [0.4, 0.5) is 0 Å². The Balaban J connectivity index is 1.22. The second-order valence-electron chi connectivity index (χ2n) is 12.8. The summed E-state index contributed by atoms with van der Waals surface area (Å²) < 4.78 is 12.9. The molecule has 1 atom stereocenters. The third kappa shape index (κ3) is 4.50. The SMILES string of the molecule is CC1CC=CC=C1c1nc(-c2ccc3c(c2)oc2ccccc23)nc(-c2ccc(-c3ccc4ccccc4c3)c3oc4ccccc4c23)n1. The molecular formula is C44H29N3O2. The van der Waals surface area contributed by atoms with E-state index >= 15 is 0 Å². The minimum absolute atomic E-state index is 0.274. The van der Waals surface area contributed by atoms with Crippen LogP contribution in [0.15, 0.2) is 148 Å². The molecule has 232 valence electrons. The fraction of sp³-hybridized carbons (Fsp3) is 0.0682. The van der Waals surface area contributed by atoms with Gasteiger partial charge in [0.15, 0.2) is 17.5 Å². The van der Waals surface area contributed by atoms with E-state index in [-0.39, 0.29) is 5.92 Å². The smallest absolute Gasteiger partial charge is 0.164 e. The molecule has 0 amide bonds. The van der Waals surface area contributed by atoms with Crippen LogP contribution in [-0.4, -0.2) is 15.0 Å². The topological polar surface area (TPSA) is 65.0 Å². The molecule has 5 nitrogen and oxygen atoms in total. The van der Waals surface area contributed by atoms with Gasteiger partial charge in [0.2, 0.25) is 0 Å². The highest BCUT2D eigenvalue weighted by atomic mass is 16.3. The maximum atomic E-state index is 6.66. The molecule has 3 heterocycles. The van der Waals surface area contributed by atoms with Gasteiger partial charge in [-0.3, -0.25) is 0 Å². The van der Waals surface area contributed by atoms with Crippen molar-refractivity contribution in [3.05, 3.63) is 145 Å². The van der Waals surface area contributed by atoms with Gasteiger partial charge in [-0.2, -0.15) is 0 Å². The van der Waals surface area contributed by atoms with E-state index in [1.54, 1.807) is 0 Å². The summed E-state index contributed by atoms with van der Waals surface area (Å²) in [7, 11) is 0. The molecule has 1 aliphatic carbocycles. The molecule has 0 saturated heterocycles. The van der Waals surface area contributed by atoms with Gasteiger partial charge in [0.1, 0.15) is 22.3 Å². The van der Waals surface area contributed by atoms with Crippen molar-refractivity contribution in [2.45, 2.75) is 13.3 Å². The molecular weight excluding hydrogens is 603 g/mol. The van der Waals surface area contributed by atoms with Gasteiger partial charge in [-0.15, -0.1) is 0 Å². The molecule has 0 aliphatic heterocycles. The Morgan fingerprint density at radius 1 is 0.551 bits per heavy atom. The molecule has 0 radical (unpaired) electrons. The first-order valence-electron chi connectivity index (χ1n) is 16.7. The summed E-state index contributed by atoms with van der Waals surface area (Å²) in [5, 5.41) is 6.56. The minimum Gasteiger partial charge on any atom is -0.456 e. The zero-order valence-electron chi connectivity index (χ0n) is 26.7. The van der Waals surface area contributed by atoms with E-state index in [1.807, 2.05) is 36.4 Å². The monoisotopic (exact) mass is 631 g/mol. The molecule has 10 rings (SSSR count). The lowest BCUT2D eigenvalue weighted by Crippen LogP contribution is -2.08. The molecule has 1 aliphatic rings. The molecule has 0 saturated carbocycles. The molecule has 0 spiro atoms. The average Bonchev–Trinajstić information content (AvgIpc) is 3.73. The summed E-state index contributed by atoms with van der Waals surface area (Å²) in [6.07, 6.45) is 7.35. The summed E-state index contributed by atoms with van der Waals surface area (Å²) in [6.45, 7) is 2.22. The molecule has 9 aromatic rings. The van der Waals surface area contributed by atoms with Crippen LogP contribution >= 0.6 is 0 Å². The number of nitrogens with zero attached hydrogens (tertiary/aromatic N) is 3. The Labute approximate surface area is 281 Å². The number of para-hydroxylation sites is 2. The Morgan fingerprint density at radius 2 is 1.24 bits per heavy atom. The molecule has 0 bridgehead atoms. The highest BCUT2D eigenvalue weighted by Gasteiger charge is 2.23. The van der Waals surface area contributed by atoms with E-state index in [4.69, 9.17) is 23.8 Å². The number of aromatic nitrogens is 3. The van der Waals surface area contributed by atoms with Crippen LogP contribution in [0, 0.1) is 5.92 Å². The maximum Gasteiger partial charge on any atom is 0.164 e. The Hall–Kier alpha value is -6.33. The number of allylic oxidation sites excluding steroid dienone is 4. The fourth-order valence-electron chi connectivity index (χ4n) is 7.26. The molecule has 5 heteroatoms. The van der Waals surface area contributed by atoms with Crippen LogP contribution in [0.1, 0.15) is 19.2 Å². The van der Waals surface area contributed by atoms with Gasteiger partial charge < -0.3 is 8.83 Å². The van der Waals surface area contributed by atoms with Crippen LogP contribution in [0.3, 0.4) is 0 Å². The van der Waals surface area contributed by atoms with Crippen LogP contribution in [0.2, 0.25) is 0 Å². The standard InChI is InChI=1S/C44H29N3O2/c1-26-10-2-5-13-31(26)43-45-42(30-20-21-34-33-14-6-8-16-37(33)48-39(34)25-30)46-44(47-43)36-23-22-32(29-19-18-27-11-3-4-12-28(27)24-29)41-40(36)35-15-7-9-17-38(35)49-41/h2-9,11-26H,10H2,1H3. The summed E-state index contributed by atoms with van der Waals surface area (Å²) >= 11 is 0. The quantitative estimate of drug-likeness (QED) is 0.193. The van der Waals surface area contributed by atoms with Gasteiger partial charge in [0, 0.05) is 43.8 Å². The normalized spacial score (nSPS) is 14.8. The summed E-state index contributed by atoms with van der Waals surface area (Å²) in [5.41, 5.74) is 8.30. The molecule has 3 aromatic heterocycles. The Bertz CT molecular complexity index is 2840. The second-order valence-corrected chi connectivity index (χ2v) is 12.8. The Kier molecular flexibility index (Phi) is 6.15. The van der Waals surface area contributed by atoms with Crippen LogP contribution < -0.4 is 0 Å². The predicted octanol–water partition coefficient (Wildman–Crippen LogP) is 11.8. The van der Waals surface area contributed by atoms with E-state index in [0.717, 1.165) is 78.1 Å². The largest absolute Gasteiger partial charge is 0.456 e. The van der Waals surface area contributed by atoms with Crippen molar-refractivity contribution in [2.24, 2.45) is 5.92 Å². The van der Waals surface area contributed by atoms with Crippen molar-refractivity contribution in [2.75, 3.05) is 0 Å². The van der Waals surface area contributed by atoms with Gasteiger partial charge in [-0.05, 0) is 71.1 Å². The average molecular weight is 632 g/mol. The predicted molar refractivity (Wildman–Crippen MR) is 199 cm³/mol. The first-order valence-corrected chi connectivity index (χ1v) is 16.7. The van der Waals surface area contributed by atoms with Crippen molar-refractivity contribution < 1.29 is 8.83 Å². The zero-order valence-corrected chi connectivity index (χ0v) is 26.7. The fourth-order valence-corrected chi connectivity index (χ4v) is 7.26. The van der Waals surface area contributed by atoms with Crippen molar-refractivity contribution in [3.8, 4) is 33.9 Å². The van der Waals surface area contributed by atoms with Crippen LogP contribution in [0.25, 0.3) is 94.1 Å². The lowest BCUT2D eigenvalue weighted by molar-refractivity contribution is 0.669. The summed E-state index contributed by atoms with van der Waals surface area (Å²) in [4.78, 5) is 15.5. The second kappa shape index (κ2) is 10.9. The molecule has 0 fully saturated rings. The first-order chi connectivity index (χ1) is 24.2. The lowest BCUT2D eigenvalue weighted by atomic mass is 9.92. The van der Waals surface area contributed by atoms with Crippen LogP contribution in [0.5, 0.6) is 0 Å². The third-order valence-corrected chi connectivity index (χ3v) is 9.79. The van der Waals surface area contributed by atoms with Crippen LogP contribution in [-0.2, 0) is 0 Å². The van der Waals surface area contributed by atoms with E-state index < -0.39 is 0 Å². The highest BCUT2D eigenvalue weighted by Crippen LogP contribution is 2.42. The minimum atomic E-state index is 0.274. The number of rotatable bonds is 4. The zero-order chi connectivity index (χ0) is 32.5. The number of hydrogen-bond acceptors (Lipinski definition) is 5. The molecule has 49 heavy (non-hydrogen) atoms. The summed E-state index contributed by atoms with van der Waals surface area (Å²) in [6, 6.07) is 41.8. The third-order valence-electron chi connectivity index (χ3n) is 9.79. The van der Waals surface area contributed by atoms with E-state index in [2.05, 4.69) is 110 Å². The number of hydrogen-bond donors (Lipinski definition) is 0. The van der Waals surface area contributed by atoms with Gasteiger partial charge >= 0.3 is 0 Å². The number of benzene rings is 6. The van der Waals surface area contributed by atoms with Gasteiger partial charge in [-0.1, -0.05) is 104 Å². The van der Waals surface area contributed by atoms with Crippen molar-refractivity contribution in [1.29, 1.82) is 0 Å². The maximum absolute atomic E-state index is 6.66. The van der Waals surface area contributed by atoms with Gasteiger partial charge in [0.05, 0.1) is 0 Å². The van der Waals surface area contributed by atoms with Gasteiger partial charge in [-0.25, -0.2) is 15.0 Å². The van der Waals surface area contributed by atoms with Crippen molar-refractivity contribution in [1.82, 2.24) is 15.0 Å². The van der Waals surface area contributed by atoms with Crippen molar-refractivity contribution >= 4 is 60.2 Å². The molecule has 6 aromatic carbocycles. The first kappa shape index (κ1) is 27.8. The number of fused-ring (bicyclic) bond motifs is 7. The molecule has 0 N–H and O–H groups in total.